The zero-order valence-corrected chi connectivity index (χ0v) is 12.6. The van der Waals surface area contributed by atoms with Crippen molar-refractivity contribution in [1.29, 1.82) is 0 Å². The molecule has 1 aliphatic rings. The average molecular weight is 303 g/mol. The second kappa shape index (κ2) is 5.72. The predicted octanol–water partition coefficient (Wildman–Crippen LogP) is 3.38. The molecule has 4 heteroatoms. The Morgan fingerprint density at radius 3 is 3.13 bits per heavy atom. The summed E-state index contributed by atoms with van der Waals surface area (Å²) < 4.78 is 0. The number of fused-ring (bicyclic) bond motifs is 2. The second-order valence-electron chi connectivity index (χ2n) is 5.85. The molecule has 23 heavy (non-hydrogen) atoms. The van der Waals surface area contributed by atoms with Crippen LogP contribution in [0.25, 0.3) is 17.0 Å². The molecule has 0 fully saturated rings. The summed E-state index contributed by atoms with van der Waals surface area (Å²) in [5.41, 5.74) is 4.53. The minimum absolute atomic E-state index is 0.0589. The largest absolute Gasteiger partial charge is 0.346 e. The Morgan fingerprint density at radius 1 is 1.26 bits per heavy atom. The van der Waals surface area contributed by atoms with Gasteiger partial charge in [0.05, 0.1) is 17.8 Å². The Morgan fingerprint density at radius 2 is 2.17 bits per heavy atom. The van der Waals surface area contributed by atoms with E-state index in [-0.39, 0.29) is 11.9 Å². The molecule has 1 aliphatic carbocycles. The van der Waals surface area contributed by atoms with Crippen molar-refractivity contribution in [3.63, 3.8) is 0 Å². The van der Waals surface area contributed by atoms with Crippen LogP contribution in [0, 0.1) is 0 Å². The van der Waals surface area contributed by atoms with Crippen LogP contribution in [0.4, 0.5) is 0 Å². The van der Waals surface area contributed by atoms with Crippen LogP contribution < -0.4 is 5.32 Å². The van der Waals surface area contributed by atoms with Gasteiger partial charge in [0.2, 0.25) is 5.91 Å². The van der Waals surface area contributed by atoms with Crippen LogP contribution in [0.2, 0.25) is 0 Å². The first-order valence-electron chi connectivity index (χ1n) is 7.79. The number of nitrogens with zero attached hydrogens (tertiary/aromatic N) is 1. The first-order valence-corrected chi connectivity index (χ1v) is 7.79. The normalized spacial score (nSPS) is 16.8. The number of carbonyl (C=O) groups excluding carboxylic acids is 1. The molecule has 3 aromatic rings. The SMILES string of the molecule is O=C(C=Cc1ccc2cn[nH]c2c1)N[C@@H]1CCc2ccccc21. The molecule has 114 valence electrons. The number of hydrogen-bond donors (Lipinski definition) is 2. The number of aromatic nitrogens is 2. The maximum Gasteiger partial charge on any atom is 0.244 e. The van der Waals surface area contributed by atoms with Crippen molar-refractivity contribution in [1.82, 2.24) is 15.5 Å². The molecule has 1 amide bonds. The highest BCUT2D eigenvalue weighted by atomic mass is 16.1. The quantitative estimate of drug-likeness (QED) is 0.729. The van der Waals surface area contributed by atoms with Crippen LogP contribution in [-0.2, 0) is 11.2 Å². The van der Waals surface area contributed by atoms with Crippen LogP contribution in [0.3, 0.4) is 0 Å². The minimum Gasteiger partial charge on any atom is -0.346 e. The summed E-state index contributed by atoms with van der Waals surface area (Å²) in [4.78, 5) is 12.2. The molecule has 0 unspecified atom stereocenters. The molecule has 0 saturated heterocycles. The van der Waals surface area contributed by atoms with Gasteiger partial charge in [0.25, 0.3) is 0 Å². The predicted molar refractivity (Wildman–Crippen MR) is 90.8 cm³/mol. The van der Waals surface area contributed by atoms with E-state index in [4.69, 9.17) is 0 Å². The van der Waals surface area contributed by atoms with Gasteiger partial charge in [0.1, 0.15) is 0 Å². The third kappa shape index (κ3) is 2.75. The van der Waals surface area contributed by atoms with Gasteiger partial charge in [0.15, 0.2) is 0 Å². The van der Waals surface area contributed by atoms with Crippen molar-refractivity contribution >= 4 is 22.9 Å². The monoisotopic (exact) mass is 303 g/mol. The van der Waals surface area contributed by atoms with Crippen molar-refractivity contribution in [2.45, 2.75) is 18.9 Å². The fourth-order valence-corrected chi connectivity index (χ4v) is 3.16. The van der Waals surface area contributed by atoms with E-state index in [1.54, 1.807) is 12.3 Å². The van der Waals surface area contributed by atoms with E-state index in [1.807, 2.05) is 30.3 Å². The molecule has 0 saturated carbocycles. The number of benzene rings is 2. The molecule has 0 radical (unpaired) electrons. The van der Waals surface area contributed by atoms with Crippen molar-refractivity contribution in [2.75, 3.05) is 0 Å². The highest BCUT2D eigenvalue weighted by Gasteiger charge is 2.22. The van der Waals surface area contributed by atoms with Crippen molar-refractivity contribution in [3.8, 4) is 0 Å². The van der Waals surface area contributed by atoms with E-state index in [2.05, 4.69) is 33.7 Å². The average Bonchev–Trinajstić information content (AvgIpc) is 3.20. The van der Waals surface area contributed by atoms with Gasteiger partial charge in [0, 0.05) is 11.5 Å². The number of aryl methyl sites for hydroxylation is 1. The number of nitrogens with one attached hydrogen (secondary N) is 2. The first-order chi connectivity index (χ1) is 11.3. The molecule has 0 spiro atoms. The van der Waals surface area contributed by atoms with E-state index in [9.17, 15) is 4.79 Å². The van der Waals surface area contributed by atoms with Gasteiger partial charge in [-0.25, -0.2) is 0 Å². The van der Waals surface area contributed by atoms with Crippen LogP contribution >= 0.6 is 0 Å². The van der Waals surface area contributed by atoms with Crippen LogP contribution in [0.5, 0.6) is 0 Å². The van der Waals surface area contributed by atoms with Gasteiger partial charge in [-0.15, -0.1) is 0 Å². The van der Waals surface area contributed by atoms with Crippen molar-refractivity contribution in [2.24, 2.45) is 0 Å². The lowest BCUT2D eigenvalue weighted by molar-refractivity contribution is -0.117. The smallest absolute Gasteiger partial charge is 0.244 e. The van der Waals surface area contributed by atoms with Gasteiger partial charge in [-0.2, -0.15) is 5.10 Å². The summed E-state index contributed by atoms with van der Waals surface area (Å²) in [5, 5.41) is 11.1. The Bertz CT molecular complexity index is 894. The lowest BCUT2D eigenvalue weighted by Crippen LogP contribution is -2.25. The fourth-order valence-electron chi connectivity index (χ4n) is 3.16. The van der Waals surface area contributed by atoms with Gasteiger partial charge >= 0.3 is 0 Å². The molecule has 4 nitrogen and oxygen atoms in total. The Balaban J connectivity index is 1.46. The van der Waals surface area contributed by atoms with E-state index in [1.165, 1.54) is 11.1 Å². The number of amides is 1. The highest BCUT2D eigenvalue weighted by molar-refractivity contribution is 5.92. The molecule has 0 aliphatic heterocycles. The Hall–Kier alpha value is -2.88. The topological polar surface area (TPSA) is 57.8 Å². The summed E-state index contributed by atoms with van der Waals surface area (Å²) in [5.74, 6) is -0.0589. The lowest BCUT2D eigenvalue weighted by atomic mass is 10.1. The number of H-pyrrole nitrogens is 1. The molecular weight excluding hydrogens is 286 g/mol. The molecule has 4 rings (SSSR count). The first kappa shape index (κ1) is 13.8. The third-order valence-corrected chi connectivity index (χ3v) is 4.34. The standard InChI is InChI=1S/C19H17N3O/c23-19(21-17-9-8-14-3-1-2-4-16(14)17)10-6-13-5-7-15-12-20-22-18(15)11-13/h1-7,10-12,17H,8-9H2,(H,20,22)(H,21,23)/t17-/m1/s1. The van der Waals surface area contributed by atoms with Gasteiger partial charge in [-0.05, 0) is 41.7 Å². The number of carbonyl (C=O) groups is 1. The second-order valence-corrected chi connectivity index (χ2v) is 5.85. The maximum atomic E-state index is 12.2. The zero-order valence-electron chi connectivity index (χ0n) is 12.6. The molecule has 1 aromatic heterocycles. The van der Waals surface area contributed by atoms with Gasteiger partial charge in [-0.1, -0.05) is 36.4 Å². The summed E-state index contributed by atoms with van der Waals surface area (Å²) in [6.45, 7) is 0. The number of aromatic amines is 1. The minimum atomic E-state index is -0.0589. The fraction of sp³-hybridized carbons (Fsp3) is 0.158. The van der Waals surface area contributed by atoms with Gasteiger partial charge in [-0.3, -0.25) is 9.89 Å². The van der Waals surface area contributed by atoms with Crippen molar-refractivity contribution in [3.05, 3.63) is 71.4 Å². The maximum absolute atomic E-state index is 12.2. The summed E-state index contributed by atoms with van der Waals surface area (Å²) >= 11 is 0. The molecule has 1 atom stereocenters. The van der Waals surface area contributed by atoms with E-state index < -0.39 is 0 Å². The lowest BCUT2D eigenvalue weighted by Gasteiger charge is -2.12. The van der Waals surface area contributed by atoms with E-state index in [0.29, 0.717) is 0 Å². The number of rotatable bonds is 3. The molecule has 2 N–H and O–H groups in total. The van der Waals surface area contributed by atoms with Crippen LogP contribution in [0.15, 0.2) is 54.7 Å². The zero-order chi connectivity index (χ0) is 15.6. The molecular formula is C19H17N3O. The summed E-state index contributed by atoms with van der Waals surface area (Å²) in [7, 11) is 0. The Labute approximate surface area is 134 Å². The molecule has 0 bridgehead atoms. The van der Waals surface area contributed by atoms with Crippen LogP contribution in [0.1, 0.15) is 29.2 Å². The van der Waals surface area contributed by atoms with Gasteiger partial charge < -0.3 is 5.32 Å². The van der Waals surface area contributed by atoms with E-state index in [0.717, 1.165) is 29.3 Å². The van der Waals surface area contributed by atoms with E-state index >= 15 is 0 Å². The summed E-state index contributed by atoms with van der Waals surface area (Å²) in [6.07, 6.45) is 7.21. The Kier molecular flexibility index (Phi) is 3.42. The third-order valence-electron chi connectivity index (χ3n) is 4.34. The van der Waals surface area contributed by atoms with Crippen molar-refractivity contribution < 1.29 is 4.79 Å². The van der Waals surface area contributed by atoms with Crippen LogP contribution in [-0.4, -0.2) is 16.1 Å². The highest BCUT2D eigenvalue weighted by Crippen LogP contribution is 2.30. The molecule has 1 heterocycles. The summed E-state index contributed by atoms with van der Waals surface area (Å²) in [6, 6.07) is 14.4. The molecule has 2 aromatic carbocycles. The number of hydrogen-bond acceptors (Lipinski definition) is 2.